The molecule has 3 aromatic rings. The van der Waals surface area contributed by atoms with Crippen LogP contribution in [0.25, 0.3) is 5.57 Å². The standard InChI is InChI=1S/C37H35NO6/c1-36(2,3)38-34(42)25-16-15-24-27(31(25)35(38)43)18-28-33(41)26(21-10-6-4-7-11-21)19-30(40)37(28,22-12-8-5-9-13-22)32(24)29-17-14-23(20-39)44-29/h4-15,17,19,25,27-28,31-32,39H,16,18,20H2,1-3H3. The fourth-order valence-corrected chi connectivity index (χ4v) is 8.48. The van der Waals surface area contributed by atoms with E-state index in [1.54, 1.807) is 12.1 Å². The number of carbonyl (C=O) groups excluding carboxylic acids is 4. The molecule has 1 saturated carbocycles. The van der Waals surface area contributed by atoms with E-state index in [-0.39, 0.29) is 36.4 Å². The molecule has 7 rings (SSSR count). The minimum absolute atomic E-state index is 0.163. The Hall–Kier alpha value is -4.36. The summed E-state index contributed by atoms with van der Waals surface area (Å²) >= 11 is 0. The third kappa shape index (κ3) is 3.91. The lowest BCUT2D eigenvalue weighted by atomic mass is 9.45. The maximum Gasteiger partial charge on any atom is 0.234 e. The van der Waals surface area contributed by atoms with Gasteiger partial charge in [-0.3, -0.25) is 24.1 Å². The largest absolute Gasteiger partial charge is 0.463 e. The molecule has 6 atom stereocenters. The lowest BCUT2D eigenvalue weighted by Gasteiger charge is -2.54. The van der Waals surface area contributed by atoms with Crippen LogP contribution in [-0.4, -0.2) is 38.9 Å². The van der Waals surface area contributed by atoms with Crippen LogP contribution in [0.4, 0.5) is 0 Å². The van der Waals surface area contributed by atoms with Crippen molar-refractivity contribution in [2.45, 2.75) is 57.1 Å². The van der Waals surface area contributed by atoms with Gasteiger partial charge in [0.15, 0.2) is 11.6 Å². The number of hydrogen-bond donors (Lipinski definition) is 1. The van der Waals surface area contributed by atoms with Crippen LogP contribution in [0.3, 0.4) is 0 Å². The highest BCUT2D eigenvalue weighted by molar-refractivity contribution is 6.31. The monoisotopic (exact) mass is 589 g/mol. The first-order valence-corrected chi connectivity index (χ1v) is 15.3. The second-order valence-corrected chi connectivity index (χ2v) is 13.4. The van der Waals surface area contributed by atoms with Crippen LogP contribution in [0, 0.1) is 23.7 Å². The van der Waals surface area contributed by atoms with Crippen molar-refractivity contribution in [1.29, 1.82) is 0 Å². The van der Waals surface area contributed by atoms with E-state index < -0.39 is 40.5 Å². The van der Waals surface area contributed by atoms with Crippen LogP contribution in [0.1, 0.15) is 62.2 Å². The van der Waals surface area contributed by atoms with Gasteiger partial charge in [0.25, 0.3) is 0 Å². The summed E-state index contributed by atoms with van der Waals surface area (Å²) in [7, 11) is 0. The second kappa shape index (κ2) is 10.1. The van der Waals surface area contributed by atoms with Crippen molar-refractivity contribution in [2.75, 3.05) is 0 Å². The van der Waals surface area contributed by atoms with E-state index in [2.05, 4.69) is 0 Å². The zero-order valence-electron chi connectivity index (χ0n) is 25.0. The number of nitrogens with zero attached hydrogens (tertiary/aromatic N) is 1. The number of ketones is 2. The van der Waals surface area contributed by atoms with E-state index >= 15 is 0 Å². The van der Waals surface area contributed by atoms with Crippen LogP contribution >= 0.6 is 0 Å². The van der Waals surface area contributed by atoms with Gasteiger partial charge < -0.3 is 9.52 Å². The van der Waals surface area contributed by atoms with Gasteiger partial charge in [0.2, 0.25) is 11.8 Å². The summed E-state index contributed by atoms with van der Waals surface area (Å²) in [6.07, 6.45) is 4.12. The molecule has 3 aliphatic carbocycles. The van der Waals surface area contributed by atoms with E-state index in [9.17, 15) is 24.3 Å². The number of aliphatic hydroxyl groups excluding tert-OH is 1. The molecule has 0 bridgehead atoms. The van der Waals surface area contributed by atoms with Crippen molar-refractivity contribution in [3.05, 3.63) is 113 Å². The maximum absolute atomic E-state index is 14.9. The SMILES string of the molecule is CC(C)(C)N1C(=O)C2CC=C3C(CC4C(=O)C(c5ccccc5)=CC(=O)C4(c4ccccc4)C3c3ccc(CO)o3)C2C1=O. The van der Waals surface area contributed by atoms with Gasteiger partial charge in [0, 0.05) is 17.0 Å². The Bertz CT molecular complexity index is 1740. The Labute approximate surface area is 256 Å². The number of carbonyl (C=O) groups is 4. The molecule has 7 nitrogen and oxygen atoms in total. The molecule has 2 heterocycles. The molecule has 6 unspecified atom stereocenters. The topological polar surface area (TPSA) is 105 Å². The molecule has 224 valence electrons. The number of fused-ring (bicyclic) bond motifs is 4. The zero-order valence-corrected chi connectivity index (χ0v) is 25.0. The number of aliphatic hydroxyl groups is 1. The summed E-state index contributed by atoms with van der Waals surface area (Å²) in [6.45, 7) is 5.26. The Morgan fingerprint density at radius 2 is 1.57 bits per heavy atom. The average molecular weight is 590 g/mol. The molecule has 2 amide bonds. The van der Waals surface area contributed by atoms with Crippen molar-refractivity contribution in [3.8, 4) is 0 Å². The van der Waals surface area contributed by atoms with E-state index in [0.29, 0.717) is 34.6 Å². The van der Waals surface area contributed by atoms with E-state index in [1.807, 2.05) is 87.5 Å². The number of imide groups is 1. The molecular formula is C37H35NO6. The third-order valence-corrected chi connectivity index (χ3v) is 10.2. The maximum atomic E-state index is 14.9. The molecule has 4 aliphatic rings. The first-order valence-electron chi connectivity index (χ1n) is 15.3. The molecule has 2 aromatic carbocycles. The van der Waals surface area contributed by atoms with Crippen LogP contribution in [0.15, 0.2) is 94.9 Å². The number of allylic oxidation sites excluding steroid dienone is 4. The summed E-state index contributed by atoms with van der Waals surface area (Å²) < 4.78 is 6.21. The number of rotatable bonds is 4. The van der Waals surface area contributed by atoms with Gasteiger partial charge >= 0.3 is 0 Å². The highest BCUT2D eigenvalue weighted by Gasteiger charge is 2.67. The van der Waals surface area contributed by atoms with Gasteiger partial charge in [-0.05, 0) is 68.9 Å². The Morgan fingerprint density at radius 3 is 2.20 bits per heavy atom. The van der Waals surface area contributed by atoms with Crippen LogP contribution in [-0.2, 0) is 31.2 Å². The number of Topliss-reactive ketones (excluding diaryl/α,β-unsaturated/α-hetero) is 1. The molecule has 1 saturated heterocycles. The minimum atomic E-state index is -1.34. The van der Waals surface area contributed by atoms with E-state index in [4.69, 9.17) is 4.42 Å². The fourth-order valence-electron chi connectivity index (χ4n) is 8.48. The highest BCUT2D eigenvalue weighted by Crippen LogP contribution is 2.64. The first kappa shape index (κ1) is 28.4. The lowest BCUT2D eigenvalue weighted by molar-refractivity contribution is -0.145. The molecule has 2 fully saturated rings. The van der Waals surface area contributed by atoms with E-state index in [1.165, 1.54) is 11.0 Å². The van der Waals surface area contributed by atoms with Gasteiger partial charge in [-0.25, -0.2) is 0 Å². The highest BCUT2D eigenvalue weighted by atomic mass is 16.4. The van der Waals surface area contributed by atoms with Gasteiger partial charge in [0.1, 0.15) is 18.1 Å². The number of amides is 2. The normalized spacial score (nSPS) is 30.0. The molecule has 1 aromatic heterocycles. The van der Waals surface area contributed by atoms with Crippen LogP contribution in [0.5, 0.6) is 0 Å². The number of benzene rings is 2. The van der Waals surface area contributed by atoms with Crippen molar-refractivity contribution < 1.29 is 28.7 Å². The summed E-state index contributed by atoms with van der Waals surface area (Å²) in [5, 5.41) is 9.92. The summed E-state index contributed by atoms with van der Waals surface area (Å²) in [4.78, 5) is 58.9. The molecule has 44 heavy (non-hydrogen) atoms. The van der Waals surface area contributed by atoms with Crippen molar-refractivity contribution in [3.63, 3.8) is 0 Å². The van der Waals surface area contributed by atoms with E-state index in [0.717, 1.165) is 5.57 Å². The molecule has 7 heteroatoms. The summed E-state index contributed by atoms with van der Waals surface area (Å²) in [5.74, 6) is -3.12. The molecule has 1 N–H and O–H groups in total. The van der Waals surface area contributed by atoms with Crippen molar-refractivity contribution in [2.24, 2.45) is 23.7 Å². The van der Waals surface area contributed by atoms with Gasteiger partial charge in [-0.2, -0.15) is 0 Å². The molecule has 1 aliphatic heterocycles. The van der Waals surface area contributed by atoms with Gasteiger partial charge in [-0.15, -0.1) is 0 Å². The predicted molar refractivity (Wildman–Crippen MR) is 163 cm³/mol. The van der Waals surface area contributed by atoms with Gasteiger partial charge in [0.05, 0.1) is 23.2 Å². The Balaban J connectivity index is 1.49. The smallest absolute Gasteiger partial charge is 0.234 e. The summed E-state index contributed by atoms with van der Waals surface area (Å²) in [6, 6.07) is 22.0. The van der Waals surface area contributed by atoms with Crippen LogP contribution < -0.4 is 0 Å². The number of likely N-dealkylation sites (tertiary alicyclic amines) is 1. The Kier molecular flexibility index (Phi) is 6.52. The molecule has 0 radical (unpaired) electrons. The third-order valence-electron chi connectivity index (χ3n) is 10.2. The quantitative estimate of drug-likeness (QED) is 0.323. The molecular weight excluding hydrogens is 554 g/mol. The Morgan fingerprint density at radius 1 is 0.886 bits per heavy atom. The minimum Gasteiger partial charge on any atom is -0.463 e. The fraction of sp³-hybridized carbons (Fsp3) is 0.351. The van der Waals surface area contributed by atoms with Crippen LogP contribution in [0.2, 0.25) is 0 Å². The van der Waals surface area contributed by atoms with Gasteiger partial charge in [-0.1, -0.05) is 72.3 Å². The summed E-state index contributed by atoms with van der Waals surface area (Å²) in [5.41, 5.74) is 0.533. The zero-order chi connectivity index (χ0) is 31.0. The number of hydrogen-bond acceptors (Lipinski definition) is 6. The predicted octanol–water partition coefficient (Wildman–Crippen LogP) is 5.39. The number of furan rings is 1. The van der Waals surface area contributed by atoms with Crippen molar-refractivity contribution in [1.82, 2.24) is 4.90 Å². The van der Waals surface area contributed by atoms with Crippen molar-refractivity contribution >= 4 is 29.0 Å². The second-order valence-electron chi connectivity index (χ2n) is 13.4. The average Bonchev–Trinajstić information content (AvgIpc) is 3.60. The first-order chi connectivity index (χ1) is 21.1. The lowest BCUT2D eigenvalue weighted by Crippen LogP contribution is -2.58. The molecule has 0 spiro atoms.